The van der Waals surface area contributed by atoms with Crippen molar-refractivity contribution in [1.29, 1.82) is 0 Å². The number of para-hydroxylation sites is 1. The molecule has 0 radical (unpaired) electrons. The summed E-state index contributed by atoms with van der Waals surface area (Å²) in [5, 5.41) is 6.38. The van der Waals surface area contributed by atoms with Crippen molar-refractivity contribution in [2.45, 2.75) is 32.6 Å². The molecule has 29 heavy (non-hydrogen) atoms. The first-order valence-electron chi connectivity index (χ1n) is 8.82. The van der Waals surface area contributed by atoms with Gasteiger partial charge in [0.2, 0.25) is 0 Å². The van der Waals surface area contributed by atoms with Crippen molar-refractivity contribution >= 4 is 16.8 Å². The van der Waals surface area contributed by atoms with Crippen LogP contribution in [0.15, 0.2) is 41.3 Å². The van der Waals surface area contributed by atoms with Crippen LogP contribution in [0.3, 0.4) is 0 Å². The molecule has 0 bridgehead atoms. The molecule has 3 aromatic rings. The van der Waals surface area contributed by atoms with Crippen LogP contribution < -0.4 is 10.7 Å². The molecular formula is C19H18F4N4O2. The first kappa shape index (κ1) is 20.6. The van der Waals surface area contributed by atoms with E-state index in [9.17, 15) is 27.2 Å². The average molecular weight is 410 g/mol. The highest BCUT2D eigenvalue weighted by atomic mass is 19.4. The van der Waals surface area contributed by atoms with Gasteiger partial charge in [0.05, 0.1) is 5.52 Å². The fourth-order valence-corrected chi connectivity index (χ4v) is 3.13. The molecule has 0 atom stereocenters. The van der Waals surface area contributed by atoms with Gasteiger partial charge in [-0.15, -0.1) is 0 Å². The fraction of sp³-hybridized carbons (Fsp3) is 0.316. The molecule has 10 heteroatoms. The minimum absolute atomic E-state index is 0.0837. The predicted molar refractivity (Wildman–Crippen MR) is 98.1 cm³/mol. The molecule has 0 aliphatic heterocycles. The summed E-state index contributed by atoms with van der Waals surface area (Å²) in [5.41, 5.74) is -2.39. The second kappa shape index (κ2) is 7.69. The van der Waals surface area contributed by atoms with E-state index in [1.54, 1.807) is 0 Å². The zero-order chi connectivity index (χ0) is 21.3. The van der Waals surface area contributed by atoms with Gasteiger partial charge in [0.1, 0.15) is 17.2 Å². The number of carbonyl (C=O) groups excluding carboxylic acids is 1. The molecule has 0 saturated carbocycles. The van der Waals surface area contributed by atoms with Gasteiger partial charge in [-0.2, -0.15) is 18.3 Å². The Balaban J connectivity index is 1.93. The van der Waals surface area contributed by atoms with Gasteiger partial charge in [-0.3, -0.25) is 14.3 Å². The number of nitrogens with zero attached hydrogens (tertiary/aromatic N) is 3. The second-order valence-electron chi connectivity index (χ2n) is 6.69. The zero-order valence-electron chi connectivity index (χ0n) is 15.6. The minimum Gasteiger partial charge on any atom is -0.349 e. The third-order valence-corrected chi connectivity index (χ3v) is 4.38. The number of fused-ring (bicyclic) bond motifs is 1. The van der Waals surface area contributed by atoms with Crippen molar-refractivity contribution in [3.63, 3.8) is 0 Å². The Bertz CT molecular complexity index is 1120. The molecule has 2 aromatic heterocycles. The first-order chi connectivity index (χ1) is 13.6. The summed E-state index contributed by atoms with van der Waals surface area (Å²) in [6.45, 7) is 3.06. The lowest BCUT2D eigenvalue weighted by molar-refractivity contribution is -0.143. The normalized spacial score (nSPS) is 12.0. The van der Waals surface area contributed by atoms with E-state index in [4.69, 9.17) is 0 Å². The zero-order valence-corrected chi connectivity index (χ0v) is 15.6. The van der Waals surface area contributed by atoms with Crippen LogP contribution in [0.1, 0.15) is 36.1 Å². The van der Waals surface area contributed by atoms with Crippen LogP contribution >= 0.6 is 0 Å². The number of aromatic nitrogens is 3. The Morgan fingerprint density at radius 1 is 1.24 bits per heavy atom. The summed E-state index contributed by atoms with van der Waals surface area (Å²) in [7, 11) is 0. The van der Waals surface area contributed by atoms with Gasteiger partial charge in [-0.1, -0.05) is 6.07 Å². The molecule has 0 unspecified atom stereocenters. The summed E-state index contributed by atoms with van der Waals surface area (Å²) >= 11 is 0. The maximum atomic E-state index is 14.3. The molecule has 0 aliphatic carbocycles. The van der Waals surface area contributed by atoms with Gasteiger partial charge in [0, 0.05) is 36.8 Å². The molecule has 0 saturated heterocycles. The van der Waals surface area contributed by atoms with Crippen LogP contribution in [0.4, 0.5) is 17.6 Å². The SMILES string of the molecule is CC(C)n1nccc1C(=O)NCCn1c(C(F)(F)F)cc(=O)c2cccc(F)c21. The summed E-state index contributed by atoms with van der Waals surface area (Å²) in [6.07, 6.45) is -3.42. The highest BCUT2D eigenvalue weighted by Crippen LogP contribution is 2.31. The van der Waals surface area contributed by atoms with E-state index in [-0.39, 0.29) is 30.2 Å². The maximum absolute atomic E-state index is 14.3. The number of benzene rings is 1. The number of alkyl halides is 3. The number of hydrogen-bond donors (Lipinski definition) is 1. The van der Waals surface area contributed by atoms with Crippen molar-refractivity contribution in [3.05, 3.63) is 64.0 Å². The van der Waals surface area contributed by atoms with Gasteiger partial charge in [0.25, 0.3) is 5.91 Å². The minimum atomic E-state index is -4.87. The highest BCUT2D eigenvalue weighted by Gasteiger charge is 2.35. The van der Waals surface area contributed by atoms with Gasteiger partial charge in [-0.25, -0.2) is 4.39 Å². The number of nitrogens with one attached hydrogen (secondary N) is 1. The monoisotopic (exact) mass is 410 g/mol. The summed E-state index contributed by atoms with van der Waals surface area (Å²) < 4.78 is 56.8. The Morgan fingerprint density at radius 3 is 2.62 bits per heavy atom. The van der Waals surface area contributed by atoms with E-state index < -0.39 is 34.5 Å². The summed E-state index contributed by atoms with van der Waals surface area (Å²) in [6, 6.07) is 5.35. The molecule has 1 N–H and O–H groups in total. The molecule has 0 spiro atoms. The molecule has 2 heterocycles. The third-order valence-electron chi connectivity index (χ3n) is 4.38. The third kappa shape index (κ3) is 4.01. The Kier molecular flexibility index (Phi) is 5.45. The smallest absolute Gasteiger partial charge is 0.349 e. The van der Waals surface area contributed by atoms with E-state index in [2.05, 4.69) is 10.4 Å². The molecule has 0 aliphatic rings. The van der Waals surface area contributed by atoms with Crippen LogP contribution in [0.5, 0.6) is 0 Å². The van der Waals surface area contributed by atoms with Crippen molar-refractivity contribution in [3.8, 4) is 0 Å². The van der Waals surface area contributed by atoms with Crippen molar-refractivity contribution in [2.24, 2.45) is 0 Å². The standard InChI is InChI=1S/C19H18F4N4O2/c1-11(2)27-14(6-7-25-27)18(29)24-8-9-26-16(19(21,22)23)10-15(28)12-4-3-5-13(20)17(12)26/h3-7,10-11H,8-9H2,1-2H3,(H,24,29). The quantitative estimate of drug-likeness (QED) is 0.656. The van der Waals surface area contributed by atoms with Crippen LogP contribution in [-0.2, 0) is 12.7 Å². The van der Waals surface area contributed by atoms with E-state index in [0.717, 1.165) is 6.07 Å². The van der Waals surface area contributed by atoms with E-state index >= 15 is 0 Å². The molecule has 1 amide bonds. The highest BCUT2D eigenvalue weighted by molar-refractivity contribution is 5.92. The van der Waals surface area contributed by atoms with Crippen LogP contribution in [0.25, 0.3) is 10.9 Å². The number of amides is 1. The first-order valence-corrected chi connectivity index (χ1v) is 8.82. The lowest BCUT2D eigenvalue weighted by Gasteiger charge is -2.19. The van der Waals surface area contributed by atoms with Crippen molar-refractivity contribution in [2.75, 3.05) is 6.54 Å². The Hall–Kier alpha value is -3.17. The maximum Gasteiger partial charge on any atom is 0.431 e. The lowest BCUT2D eigenvalue weighted by Crippen LogP contribution is -2.31. The second-order valence-corrected chi connectivity index (χ2v) is 6.69. The van der Waals surface area contributed by atoms with Crippen LogP contribution in [0, 0.1) is 5.82 Å². The topological polar surface area (TPSA) is 68.9 Å². The molecule has 0 fully saturated rings. The van der Waals surface area contributed by atoms with Gasteiger partial charge >= 0.3 is 6.18 Å². The van der Waals surface area contributed by atoms with Crippen molar-refractivity contribution < 1.29 is 22.4 Å². The lowest BCUT2D eigenvalue weighted by atomic mass is 10.1. The number of hydrogen-bond acceptors (Lipinski definition) is 3. The molecular weight excluding hydrogens is 392 g/mol. The fourth-order valence-electron chi connectivity index (χ4n) is 3.13. The predicted octanol–water partition coefficient (Wildman–Crippen LogP) is 3.37. The Morgan fingerprint density at radius 2 is 1.97 bits per heavy atom. The number of rotatable bonds is 5. The van der Waals surface area contributed by atoms with E-state index in [1.807, 2.05) is 13.8 Å². The average Bonchev–Trinajstić information content (AvgIpc) is 3.13. The van der Waals surface area contributed by atoms with E-state index in [1.165, 1.54) is 29.1 Å². The number of carbonyl (C=O) groups is 1. The van der Waals surface area contributed by atoms with Crippen LogP contribution in [-0.4, -0.2) is 26.8 Å². The van der Waals surface area contributed by atoms with Gasteiger partial charge in [-0.05, 0) is 32.0 Å². The summed E-state index contributed by atoms with van der Waals surface area (Å²) in [4.78, 5) is 24.4. The van der Waals surface area contributed by atoms with Crippen LogP contribution in [0.2, 0.25) is 0 Å². The molecule has 154 valence electrons. The van der Waals surface area contributed by atoms with Crippen molar-refractivity contribution in [1.82, 2.24) is 19.7 Å². The van der Waals surface area contributed by atoms with E-state index in [0.29, 0.717) is 10.6 Å². The largest absolute Gasteiger partial charge is 0.431 e. The Labute approximate surface area is 162 Å². The number of halogens is 4. The molecule has 6 nitrogen and oxygen atoms in total. The van der Waals surface area contributed by atoms with Gasteiger partial charge in [0.15, 0.2) is 5.43 Å². The molecule has 3 rings (SSSR count). The van der Waals surface area contributed by atoms with Gasteiger partial charge < -0.3 is 9.88 Å². The molecule has 1 aromatic carbocycles. The number of pyridine rings is 1. The summed E-state index contributed by atoms with van der Waals surface area (Å²) in [5.74, 6) is -1.47.